The predicted octanol–water partition coefficient (Wildman–Crippen LogP) is 3.27. The summed E-state index contributed by atoms with van der Waals surface area (Å²) in [5.74, 6) is 0.315. The van der Waals surface area contributed by atoms with Crippen LogP contribution in [0, 0.1) is 13.8 Å². The maximum absolute atomic E-state index is 12.5. The smallest absolute Gasteiger partial charge is 0.344 e. The lowest BCUT2D eigenvalue weighted by molar-refractivity contribution is -0.144. The molecule has 0 saturated carbocycles. The molecule has 0 saturated heterocycles. The maximum Gasteiger partial charge on any atom is 0.344 e. The molecule has 0 atom stereocenters. The average molecular weight is 415 g/mol. The SMILES string of the molecule is COCCn1c(C)cc(C(=O)COC(=O)COc2cccc3c2OC(C)(C)C3)c1C. The molecule has 7 nitrogen and oxygen atoms in total. The predicted molar refractivity (Wildman–Crippen MR) is 111 cm³/mol. The highest BCUT2D eigenvalue weighted by atomic mass is 16.6. The molecule has 0 radical (unpaired) electrons. The van der Waals surface area contributed by atoms with Crippen LogP contribution in [0.15, 0.2) is 24.3 Å². The Morgan fingerprint density at radius 3 is 2.70 bits per heavy atom. The van der Waals surface area contributed by atoms with Crippen molar-refractivity contribution in [2.75, 3.05) is 26.9 Å². The molecular formula is C23H29NO6. The molecular weight excluding hydrogens is 386 g/mol. The third-order valence-electron chi connectivity index (χ3n) is 5.16. The molecule has 0 aliphatic carbocycles. The van der Waals surface area contributed by atoms with Gasteiger partial charge in [-0.2, -0.15) is 0 Å². The molecule has 0 spiro atoms. The summed E-state index contributed by atoms with van der Waals surface area (Å²) in [6.45, 7) is 8.41. The van der Waals surface area contributed by atoms with Crippen LogP contribution in [0.25, 0.3) is 0 Å². The second-order valence-electron chi connectivity index (χ2n) is 8.08. The van der Waals surface area contributed by atoms with Crippen molar-refractivity contribution in [3.63, 3.8) is 0 Å². The largest absolute Gasteiger partial charge is 0.483 e. The summed E-state index contributed by atoms with van der Waals surface area (Å²) >= 11 is 0. The van der Waals surface area contributed by atoms with Crippen LogP contribution < -0.4 is 9.47 Å². The van der Waals surface area contributed by atoms with Crippen LogP contribution in [0.4, 0.5) is 0 Å². The molecule has 30 heavy (non-hydrogen) atoms. The molecule has 2 heterocycles. The van der Waals surface area contributed by atoms with Gasteiger partial charge in [0.05, 0.1) is 6.61 Å². The van der Waals surface area contributed by atoms with Crippen LogP contribution in [0.2, 0.25) is 0 Å². The number of hydrogen-bond donors (Lipinski definition) is 0. The molecule has 2 aromatic rings. The van der Waals surface area contributed by atoms with Crippen molar-refractivity contribution >= 4 is 11.8 Å². The number of para-hydroxylation sites is 1. The topological polar surface area (TPSA) is 76.0 Å². The number of carbonyl (C=O) groups excluding carboxylic acids is 2. The van der Waals surface area contributed by atoms with E-state index in [0.717, 1.165) is 23.4 Å². The zero-order valence-electron chi connectivity index (χ0n) is 18.2. The standard InChI is InChI=1S/C23H29NO6/c1-15-11-18(16(2)24(15)9-10-27-5)19(25)13-29-21(26)14-28-20-8-6-7-17-12-23(3,4)30-22(17)20/h6-8,11H,9-10,12-14H2,1-5H3. The van der Waals surface area contributed by atoms with Crippen LogP contribution in [-0.4, -0.2) is 48.9 Å². The van der Waals surface area contributed by atoms with Crippen molar-refractivity contribution in [1.29, 1.82) is 0 Å². The lowest BCUT2D eigenvalue weighted by atomic mass is 10.0. The Morgan fingerprint density at radius 2 is 1.97 bits per heavy atom. The number of hydrogen-bond acceptors (Lipinski definition) is 6. The summed E-state index contributed by atoms with van der Waals surface area (Å²) in [5, 5.41) is 0. The van der Waals surface area contributed by atoms with Crippen LogP contribution in [-0.2, 0) is 27.2 Å². The van der Waals surface area contributed by atoms with E-state index in [9.17, 15) is 9.59 Å². The van der Waals surface area contributed by atoms with Crippen molar-refractivity contribution in [1.82, 2.24) is 4.57 Å². The first-order chi connectivity index (χ1) is 14.2. The molecule has 0 unspecified atom stereocenters. The molecule has 1 aliphatic rings. The van der Waals surface area contributed by atoms with E-state index in [0.29, 0.717) is 30.2 Å². The molecule has 0 fully saturated rings. The number of benzene rings is 1. The fraction of sp³-hybridized carbons (Fsp3) is 0.478. The summed E-state index contributed by atoms with van der Waals surface area (Å²) in [5.41, 5.74) is 3.09. The number of aryl methyl sites for hydroxylation is 1. The Balaban J connectivity index is 1.54. The summed E-state index contributed by atoms with van der Waals surface area (Å²) in [6.07, 6.45) is 0.779. The zero-order chi connectivity index (χ0) is 21.9. The van der Waals surface area contributed by atoms with Gasteiger partial charge in [0.25, 0.3) is 0 Å². The molecule has 1 aliphatic heterocycles. The van der Waals surface area contributed by atoms with Gasteiger partial charge in [0.1, 0.15) is 5.60 Å². The van der Waals surface area contributed by atoms with Crippen LogP contribution in [0.1, 0.15) is 41.2 Å². The van der Waals surface area contributed by atoms with Gasteiger partial charge >= 0.3 is 5.97 Å². The molecule has 7 heteroatoms. The van der Waals surface area contributed by atoms with E-state index in [4.69, 9.17) is 18.9 Å². The summed E-state index contributed by atoms with van der Waals surface area (Å²) in [6, 6.07) is 7.42. The Bertz CT molecular complexity index is 943. The average Bonchev–Trinajstić information content (AvgIpc) is 3.17. The number of rotatable bonds is 9. The third kappa shape index (κ3) is 4.84. The van der Waals surface area contributed by atoms with Crippen molar-refractivity contribution in [3.8, 4) is 11.5 Å². The van der Waals surface area contributed by atoms with Crippen molar-refractivity contribution in [3.05, 3.63) is 46.8 Å². The number of methoxy groups -OCH3 is 1. The fourth-order valence-corrected chi connectivity index (χ4v) is 3.71. The molecule has 1 aromatic heterocycles. The molecule has 162 valence electrons. The van der Waals surface area contributed by atoms with E-state index in [1.807, 2.05) is 50.5 Å². The van der Waals surface area contributed by atoms with Gasteiger partial charge in [-0.15, -0.1) is 0 Å². The van der Waals surface area contributed by atoms with Crippen LogP contribution >= 0.6 is 0 Å². The van der Waals surface area contributed by atoms with Gasteiger partial charge in [-0.3, -0.25) is 4.79 Å². The first-order valence-electron chi connectivity index (χ1n) is 10.00. The highest BCUT2D eigenvalue weighted by Crippen LogP contribution is 2.41. The highest BCUT2D eigenvalue weighted by Gasteiger charge is 2.32. The van der Waals surface area contributed by atoms with Gasteiger partial charge in [0, 0.05) is 42.6 Å². The number of nitrogens with zero attached hydrogens (tertiary/aromatic N) is 1. The first-order valence-corrected chi connectivity index (χ1v) is 10.00. The van der Waals surface area contributed by atoms with E-state index >= 15 is 0 Å². The van der Waals surface area contributed by atoms with Gasteiger partial charge in [0.2, 0.25) is 5.78 Å². The minimum atomic E-state index is -0.605. The number of esters is 1. The highest BCUT2D eigenvalue weighted by molar-refractivity contribution is 5.99. The Kier molecular flexibility index (Phi) is 6.51. The van der Waals surface area contributed by atoms with Crippen molar-refractivity contribution < 1.29 is 28.5 Å². The van der Waals surface area contributed by atoms with Crippen LogP contribution in [0.3, 0.4) is 0 Å². The number of Topliss-reactive ketones (excluding diaryl/α,β-unsaturated/α-hetero) is 1. The molecule has 1 aromatic carbocycles. The maximum atomic E-state index is 12.5. The number of aromatic nitrogens is 1. The lowest BCUT2D eigenvalue weighted by Crippen LogP contribution is -2.25. The monoisotopic (exact) mass is 415 g/mol. The molecule has 0 N–H and O–H groups in total. The minimum absolute atomic E-state index is 0.245. The Morgan fingerprint density at radius 1 is 1.20 bits per heavy atom. The summed E-state index contributed by atoms with van der Waals surface area (Å²) in [7, 11) is 1.64. The summed E-state index contributed by atoms with van der Waals surface area (Å²) in [4.78, 5) is 24.6. The quantitative estimate of drug-likeness (QED) is 0.462. The van der Waals surface area contributed by atoms with Gasteiger partial charge in [-0.25, -0.2) is 4.79 Å². The van der Waals surface area contributed by atoms with Crippen molar-refractivity contribution in [2.45, 2.75) is 46.3 Å². The molecule has 0 amide bonds. The number of carbonyl (C=O) groups is 2. The van der Waals surface area contributed by atoms with E-state index in [1.165, 1.54) is 0 Å². The Labute approximate surface area is 176 Å². The summed E-state index contributed by atoms with van der Waals surface area (Å²) < 4.78 is 23.8. The number of ketones is 1. The fourth-order valence-electron chi connectivity index (χ4n) is 3.71. The molecule has 0 bridgehead atoms. The minimum Gasteiger partial charge on any atom is -0.483 e. The van der Waals surface area contributed by atoms with Gasteiger partial charge in [-0.1, -0.05) is 12.1 Å². The lowest BCUT2D eigenvalue weighted by Gasteiger charge is -2.18. The van der Waals surface area contributed by atoms with Gasteiger partial charge in [-0.05, 0) is 39.8 Å². The molecule has 3 rings (SSSR count). The van der Waals surface area contributed by atoms with Gasteiger partial charge in [0.15, 0.2) is 24.7 Å². The Hall–Kier alpha value is -2.80. The first kappa shape index (κ1) is 21.9. The van der Waals surface area contributed by atoms with E-state index in [1.54, 1.807) is 13.2 Å². The van der Waals surface area contributed by atoms with Crippen molar-refractivity contribution in [2.24, 2.45) is 0 Å². The third-order valence-corrected chi connectivity index (χ3v) is 5.16. The zero-order valence-corrected chi connectivity index (χ0v) is 18.2. The number of ether oxygens (including phenoxy) is 4. The normalized spacial score (nSPS) is 14.2. The van der Waals surface area contributed by atoms with E-state index in [2.05, 4.69) is 0 Å². The van der Waals surface area contributed by atoms with E-state index in [-0.39, 0.29) is 24.6 Å². The van der Waals surface area contributed by atoms with Crippen LogP contribution in [0.5, 0.6) is 11.5 Å². The van der Waals surface area contributed by atoms with Gasteiger partial charge < -0.3 is 23.5 Å². The second-order valence-corrected chi connectivity index (χ2v) is 8.08. The van der Waals surface area contributed by atoms with E-state index < -0.39 is 5.97 Å². The number of fused-ring (bicyclic) bond motifs is 1. The second kappa shape index (κ2) is 8.92.